The maximum Gasteiger partial charge on any atom is 0.161 e. The number of hydrogen-bond acceptors (Lipinski definition) is 2. The van der Waals surface area contributed by atoms with Crippen molar-refractivity contribution in [1.82, 2.24) is 0 Å². The Morgan fingerprint density at radius 1 is 1.26 bits per heavy atom. The fraction of sp³-hybridized carbons (Fsp3) is 0.824. The molecular formula is C17H30O2. The summed E-state index contributed by atoms with van der Waals surface area (Å²) in [6.07, 6.45) is 13.1. The lowest BCUT2D eigenvalue weighted by atomic mass is 9.83. The normalized spacial score (nSPS) is 18.2. The molecule has 1 atom stereocenters. The molecule has 0 N–H and O–H groups in total. The van der Waals surface area contributed by atoms with Crippen molar-refractivity contribution in [2.45, 2.75) is 77.2 Å². The van der Waals surface area contributed by atoms with E-state index in [2.05, 4.69) is 6.58 Å². The molecule has 0 radical (unpaired) electrons. The Bertz CT molecular complexity index is 254. The Hall–Kier alpha value is -0.630. The second kappa shape index (κ2) is 10.2. The lowest BCUT2D eigenvalue weighted by Crippen LogP contribution is -2.34. The van der Waals surface area contributed by atoms with Crippen molar-refractivity contribution in [3.05, 3.63) is 12.7 Å². The van der Waals surface area contributed by atoms with Gasteiger partial charge in [-0.2, -0.15) is 0 Å². The third-order valence-corrected chi connectivity index (χ3v) is 4.07. The third kappa shape index (κ3) is 6.38. The van der Waals surface area contributed by atoms with Gasteiger partial charge in [0.1, 0.15) is 6.10 Å². The molecule has 1 fully saturated rings. The maximum absolute atomic E-state index is 12.3. The number of unbranched alkanes of at least 4 members (excludes halogenated alkanes) is 3. The first kappa shape index (κ1) is 16.4. The zero-order valence-corrected chi connectivity index (χ0v) is 12.5. The number of ketones is 1. The number of allylic oxidation sites excluding steroid dienone is 1. The van der Waals surface area contributed by atoms with Gasteiger partial charge in [0.05, 0.1) is 0 Å². The minimum absolute atomic E-state index is 0.121. The summed E-state index contributed by atoms with van der Waals surface area (Å²) in [5.41, 5.74) is 0. The largest absolute Gasteiger partial charge is 0.370 e. The SMILES string of the molecule is C=CCCCCCC(=O)C(OCC)C1CCCCC1. The molecule has 0 saturated heterocycles. The average molecular weight is 266 g/mol. The van der Waals surface area contributed by atoms with Crippen molar-refractivity contribution in [2.24, 2.45) is 5.92 Å². The van der Waals surface area contributed by atoms with Gasteiger partial charge in [0.25, 0.3) is 0 Å². The maximum atomic E-state index is 12.3. The number of carbonyl (C=O) groups excluding carboxylic acids is 1. The number of hydrogen-bond donors (Lipinski definition) is 0. The van der Waals surface area contributed by atoms with E-state index in [1.807, 2.05) is 13.0 Å². The summed E-state index contributed by atoms with van der Waals surface area (Å²) >= 11 is 0. The van der Waals surface area contributed by atoms with Gasteiger partial charge < -0.3 is 4.74 Å². The van der Waals surface area contributed by atoms with Gasteiger partial charge in [0.15, 0.2) is 5.78 Å². The van der Waals surface area contributed by atoms with Gasteiger partial charge >= 0.3 is 0 Å². The van der Waals surface area contributed by atoms with Gasteiger partial charge in [0.2, 0.25) is 0 Å². The molecule has 0 amide bonds. The van der Waals surface area contributed by atoms with Gasteiger partial charge in [-0.05, 0) is 44.9 Å². The molecule has 0 aromatic carbocycles. The summed E-state index contributed by atoms with van der Waals surface area (Å²) in [4.78, 5) is 12.3. The van der Waals surface area contributed by atoms with Crippen LogP contribution in [0.25, 0.3) is 0 Å². The Balaban J connectivity index is 2.32. The molecule has 1 aliphatic rings. The van der Waals surface area contributed by atoms with Crippen LogP contribution in [0.2, 0.25) is 0 Å². The molecular weight excluding hydrogens is 236 g/mol. The molecule has 2 heteroatoms. The molecule has 0 aromatic heterocycles. The van der Waals surface area contributed by atoms with Crippen LogP contribution in [-0.4, -0.2) is 18.5 Å². The van der Waals surface area contributed by atoms with E-state index >= 15 is 0 Å². The van der Waals surface area contributed by atoms with E-state index in [-0.39, 0.29) is 6.10 Å². The van der Waals surface area contributed by atoms with Crippen LogP contribution in [-0.2, 0) is 9.53 Å². The topological polar surface area (TPSA) is 26.3 Å². The predicted octanol–water partition coefficient (Wildman–Crippen LogP) is 4.68. The number of rotatable bonds is 10. The highest BCUT2D eigenvalue weighted by Crippen LogP contribution is 2.29. The average Bonchev–Trinajstić information content (AvgIpc) is 2.45. The van der Waals surface area contributed by atoms with E-state index in [4.69, 9.17) is 4.74 Å². The highest BCUT2D eigenvalue weighted by molar-refractivity contribution is 5.83. The van der Waals surface area contributed by atoms with Crippen LogP contribution in [0.3, 0.4) is 0 Å². The molecule has 1 saturated carbocycles. The summed E-state index contributed by atoms with van der Waals surface area (Å²) in [5.74, 6) is 0.821. The van der Waals surface area contributed by atoms with E-state index in [0.29, 0.717) is 24.7 Å². The van der Waals surface area contributed by atoms with E-state index in [0.717, 1.165) is 25.7 Å². The quantitative estimate of drug-likeness (QED) is 0.424. The van der Waals surface area contributed by atoms with E-state index in [1.165, 1.54) is 32.1 Å². The second-order valence-corrected chi connectivity index (χ2v) is 5.63. The molecule has 0 heterocycles. The highest BCUT2D eigenvalue weighted by atomic mass is 16.5. The van der Waals surface area contributed by atoms with Crippen molar-refractivity contribution < 1.29 is 9.53 Å². The molecule has 0 aliphatic heterocycles. The van der Waals surface area contributed by atoms with Crippen molar-refractivity contribution in [3.63, 3.8) is 0 Å². The Labute approximate surface area is 118 Å². The molecule has 0 spiro atoms. The van der Waals surface area contributed by atoms with Crippen LogP contribution in [0.15, 0.2) is 12.7 Å². The van der Waals surface area contributed by atoms with Gasteiger partial charge in [-0.3, -0.25) is 4.79 Å². The molecule has 0 bridgehead atoms. The van der Waals surface area contributed by atoms with Gasteiger partial charge in [-0.25, -0.2) is 0 Å². The van der Waals surface area contributed by atoms with Crippen LogP contribution in [0.1, 0.15) is 71.1 Å². The Kier molecular flexibility index (Phi) is 8.81. The fourth-order valence-corrected chi connectivity index (χ4v) is 3.02. The van der Waals surface area contributed by atoms with Crippen molar-refractivity contribution in [1.29, 1.82) is 0 Å². The minimum Gasteiger partial charge on any atom is -0.370 e. The van der Waals surface area contributed by atoms with Crippen LogP contribution in [0.5, 0.6) is 0 Å². The van der Waals surface area contributed by atoms with Gasteiger partial charge in [-0.15, -0.1) is 6.58 Å². The van der Waals surface area contributed by atoms with Crippen LogP contribution in [0.4, 0.5) is 0 Å². The fourth-order valence-electron chi connectivity index (χ4n) is 3.02. The van der Waals surface area contributed by atoms with Crippen LogP contribution in [0, 0.1) is 5.92 Å². The third-order valence-electron chi connectivity index (χ3n) is 4.07. The second-order valence-electron chi connectivity index (χ2n) is 5.63. The Morgan fingerprint density at radius 3 is 2.63 bits per heavy atom. The first-order valence-corrected chi connectivity index (χ1v) is 8.04. The summed E-state index contributed by atoms with van der Waals surface area (Å²) in [6, 6.07) is 0. The predicted molar refractivity (Wildman–Crippen MR) is 80.3 cm³/mol. The van der Waals surface area contributed by atoms with Crippen molar-refractivity contribution in [2.75, 3.05) is 6.61 Å². The molecule has 110 valence electrons. The van der Waals surface area contributed by atoms with Crippen LogP contribution >= 0.6 is 0 Å². The van der Waals surface area contributed by atoms with Crippen molar-refractivity contribution in [3.8, 4) is 0 Å². The number of carbonyl (C=O) groups is 1. The highest BCUT2D eigenvalue weighted by Gasteiger charge is 2.29. The molecule has 1 rings (SSSR count). The smallest absolute Gasteiger partial charge is 0.161 e. The first-order valence-electron chi connectivity index (χ1n) is 8.04. The number of Topliss-reactive ketones (excluding diaryl/α,β-unsaturated/α-hetero) is 1. The van der Waals surface area contributed by atoms with Crippen molar-refractivity contribution >= 4 is 5.78 Å². The molecule has 19 heavy (non-hydrogen) atoms. The monoisotopic (exact) mass is 266 g/mol. The summed E-state index contributed by atoms with van der Waals surface area (Å²) < 4.78 is 5.76. The molecule has 1 aliphatic carbocycles. The molecule has 2 nitrogen and oxygen atoms in total. The van der Waals surface area contributed by atoms with E-state index in [9.17, 15) is 4.79 Å². The Morgan fingerprint density at radius 2 is 2.00 bits per heavy atom. The molecule has 0 aromatic rings. The summed E-state index contributed by atoms with van der Waals surface area (Å²) in [6.45, 7) is 6.37. The number of ether oxygens (including phenoxy) is 1. The summed E-state index contributed by atoms with van der Waals surface area (Å²) in [7, 11) is 0. The van der Waals surface area contributed by atoms with Crippen LogP contribution < -0.4 is 0 Å². The van der Waals surface area contributed by atoms with Gasteiger partial charge in [-0.1, -0.05) is 31.8 Å². The summed E-state index contributed by atoms with van der Waals surface area (Å²) in [5, 5.41) is 0. The van der Waals surface area contributed by atoms with E-state index < -0.39 is 0 Å². The standard InChI is InChI=1S/C17H30O2/c1-3-5-6-7-11-14-16(18)17(19-4-2)15-12-9-8-10-13-15/h3,15,17H,1,4-14H2,2H3. The zero-order chi connectivity index (χ0) is 13.9. The lowest BCUT2D eigenvalue weighted by Gasteiger charge is -2.29. The minimum atomic E-state index is -0.121. The van der Waals surface area contributed by atoms with Gasteiger partial charge in [0, 0.05) is 13.0 Å². The first-order chi connectivity index (χ1) is 9.29. The molecule has 1 unspecified atom stereocenters. The zero-order valence-electron chi connectivity index (χ0n) is 12.5. The lowest BCUT2D eigenvalue weighted by molar-refractivity contribution is -0.134. The van der Waals surface area contributed by atoms with E-state index in [1.54, 1.807) is 0 Å².